The van der Waals surface area contributed by atoms with Gasteiger partial charge in [0.1, 0.15) is 23.3 Å². The molecule has 1 saturated heterocycles. The summed E-state index contributed by atoms with van der Waals surface area (Å²) in [6, 6.07) is 5.10. The predicted octanol–water partition coefficient (Wildman–Crippen LogP) is 3.19. The fourth-order valence-electron chi connectivity index (χ4n) is 4.36. The van der Waals surface area contributed by atoms with E-state index in [-0.39, 0.29) is 12.4 Å². The SMILES string of the molecule is CCOCC1(CN2CCCCC2)COc2ccc3c(C)cc(=O)oc3c2C1=O. The first kappa shape index (κ1) is 19.2. The molecular weight excluding hydrogens is 358 g/mol. The average Bonchev–Trinajstić information content (AvgIpc) is 2.69. The second kappa shape index (κ2) is 7.68. The van der Waals surface area contributed by atoms with Crippen LogP contribution in [0, 0.1) is 12.3 Å². The third-order valence-corrected chi connectivity index (χ3v) is 5.85. The number of hydrogen-bond acceptors (Lipinski definition) is 6. The molecule has 1 unspecified atom stereocenters. The minimum atomic E-state index is -0.795. The number of nitrogens with zero attached hydrogens (tertiary/aromatic N) is 1. The molecule has 0 N–H and O–H groups in total. The van der Waals surface area contributed by atoms with Crippen LogP contribution in [0.5, 0.6) is 5.75 Å². The van der Waals surface area contributed by atoms with E-state index in [1.54, 1.807) is 6.07 Å². The minimum Gasteiger partial charge on any atom is -0.491 e. The van der Waals surface area contributed by atoms with Gasteiger partial charge >= 0.3 is 5.63 Å². The highest BCUT2D eigenvalue weighted by Crippen LogP contribution is 2.40. The average molecular weight is 385 g/mol. The lowest BCUT2D eigenvalue weighted by atomic mass is 9.78. The van der Waals surface area contributed by atoms with Crippen molar-refractivity contribution in [3.05, 3.63) is 39.7 Å². The Kier molecular flexibility index (Phi) is 5.25. The van der Waals surface area contributed by atoms with E-state index in [0.717, 1.165) is 36.9 Å². The molecule has 1 fully saturated rings. The largest absolute Gasteiger partial charge is 0.491 e. The Labute approximate surface area is 164 Å². The highest BCUT2D eigenvalue weighted by Gasteiger charge is 2.47. The lowest BCUT2D eigenvalue weighted by Crippen LogP contribution is -2.53. The van der Waals surface area contributed by atoms with Crippen LogP contribution in [0.1, 0.15) is 42.1 Å². The van der Waals surface area contributed by atoms with Gasteiger partial charge < -0.3 is 18.8 Å². The maximum Gasteiger partial charge on any atom is 0.336 e. The number of aryl methyl sites for hydroxylation is 1. The molecule has 1 aromatic carbocycles. The molecule has 2 aromatic rings. The number of likely N-dealkylation sites (tertiary alicyclic amines) is 1. The van der Waals surface area contributed by atoms with Gasteiger partial charge in [0, 0.05) is 24.6 Å². The number of benzene rings is 1. The summed E-state index contributed by atoms with van der Waals surface area (Å²) in [6.45, 7) is 7.44. The number of fused-ring (bicyclic) bond motifs is 3. The second-order valence-electron chi connectivity index (χ2n) is 7.94. The fraction of sp³-hybridized carbons (Fsp3) is 0.545. The van der Waals surface area contributed by atoms with Crippen LogP contribution >= 0.6 is 0 Å². The molecule has 0 amide bonds. The van der Waals surface area contributed by atoms with Crippen molar-refractivity contribution >= 4 is 16.8 Å². The number of ketones is 1. The van der Waals surface area contributed by atoms with Gasteiger partial charge in [-0.05, 0) is 57.5 Å². The van der Waals surface area contributed by atoms with Gasteiger partial charge in [-0.3, -0.25) is 4.79 Å². The fourth-order valence-corrected chi connectivity index (χ4v) is 4.36. The Hall–Kier alpha value is -2.18. The Morgan fingerprint density at radius 3 is 2.71 bits per heavy atom. The van der Waals surface area contributed by atoms with Crippen molar-refractivity contribution in [2.75, 3.05) is 39.5 Å². The van der Waals surface area contributed by atoms with Crippen LogP contribution in [-0.4, -0.2) is 50.1 Å². The number of ether oxygens (including phenoxy) is 2. The quantitative estimate of drug-likeness (QED) is 0.737. The van der Waals surface area contributed by atoms with E-state index < -0.39 is 11.0 Å². The summed E-state index contributed by atoms with van der Waals surface area (Å²) in [5, 5.41) is 0.764. The van der Waals surface area contributed by atoms with E-state index in [9.17, 15) is 9.59 Å². The van der Waals surface area contributed by atoms with Crippen LogP contribution in [0.3, 0.4) is 0 Å². The zero-order valence-electron chi connectivity index (χ0n) is 16.6. The van der Waals surface area contributed by atoms with Crippen molar-refractivity contribution in [1.29, 1.82) is 0 Å². The second-order valence-corrected chi connectivity index (χ2v) is 7.94. The lowest BCUT2D eigenvalue weighted by Gasteiger charge is -2.40. The standard InChI is InChI=1S/C22H27NO5/c1-3-26-13-22(12-23-9-5-4-6-10-23)14-27-17-8-7-16-15(2)11-18(24)28-20(16)19(17)21(22)25/h7-8,11H,3-6,9-10,12-14H2,1-2H3. The van der Waals surface area contributed by atoms with E-state index in [1.807, 2.05) is 19.9 Å². The maximum atomic E-state index is 13.8. The van der Waals surface area contributed by atoms with Gasteiger partial charge in [-0.2, -0.15) is 0 Å². The Morgan fingerprint density at radius 1 is 1.18 bits per heavy atom. The minimum absolute atomic E-state index is 0.0490. The summed E-state index contributed by atoms with van der Waals surface area (Å²) in [5.74, 6) is 0.434. The molecule has 150 valence electrons. The third-order valence-electron chi connectivity index (χ3n) is 5.85. The van der Waals surface area contributed by atoms with Crippen molar-refractivity contribution < 1.29 is 18.7 Å². The van der Waals surface area contributed by atoms with Crippen molar-refractivity contribution in [3.63, 3.8) is 0 Å². The molecule has 0 bridgehead atoms. The van der Waals surface area contributed by atoms with Gasteiger partial charge in [0.05, 0.1) is 6.61 Å². The summed E-state index contributed by atoms with van der Waals surface area (Å²) in [5.41, 5.74) is 0.242. The molecule has 0 saturated carbocycles. The van der Waals surface area contributed by atoms with Gasteiger partial charge in [-0.1, -0.05) is 6.42 Å². The van der Waals surface area contributed by atoms with E-state index >= 15 is 0 Å². The van der Waals surface area contributed by atoms with E-state index in [0.29, 0.717) is 36.7 Å². The highest BCUT2D eigenvalue weighted by molar-refractivity contribution is 6.12. The number of piperidine rings is 1. The Balaban J connectivity index is 1.80. The van der Waals surface area contributed by atoms with Crippen molar-refractivity contribution in [2.24, 2.45) is 5.41 Å². The molecule has 6 nitrogen and oxygen atoms in total. The van der Waals surface area contributed by atoms with Crippen LogP contribution in [0.4, 0.5) is 0 Å². The van der Waals surface area contributed by atoms with E-state index in [1.165, 1.54) is 12.5 Å². The number of Topliss-reactive ketones (excluding diaryl/α,β-unsaturated/α-hetero) is 1. The Morgan fingerprint density at radius 2 is 1.96 bits per heavy atom. The van der Waals surface area contributed by atoms with Crippen LogP contribution in [0.25, 0.3) is 11.0 Å². The zero-order valence-corrected chi connectivity index (χ0v) is 16.6. The predicted molar refractivity (Wildman–Crippen MR) is 106 cm³/mol. The molecule has 2 aliphatic heterocycles. The van der Waals surface area contributed by atoms with Gasteiger partial charge in [0.15, 0.2) is 11.4 Å². The van der Waals surface area contributed by atoms with E-state index in [4.69, 9.17) is 13.9 Å². The zero-order chi connectivity index (χ0) is 19.7. The molecule has 0 spiro atoms. The topological polar surface area (TPSA) is 69.0 Å². The first-order valence-electron chi connectivity index (χ1n) is 10.1. The Bertz CT molecular complexity index is 944. The number of hydrogen-bond donors (Lipinski definition) is 0. The van der Waals surface area contributed by atoms with Gasteiger partial charge in [0.25, 0.3) is 0 Å². The molecule has 6 heteroatoms. The smallest absolute Gasteiger partial charge is 0.336 e. The number of carbonyl (C=O) groups is 1. The number of rotatable bonds is 5. The summed E-state index contributed by atoms with van der Waals surface area (Å²) >= 11 is 0. The molecule has 4 rings (SSSR count). The highest BCUT2D eigenvalue weighted by atomic mass is 16.5. The molecule has 2 aliphatic rings. The van der Waals surface area contributed by atoms with Gasteiger partial charge in [-0.15, -0.1) is 0 Å². The van der Waals surface area contributed by atoms with E-state index in [2.05, 4.69) is 4.90 Å². The summed E-state index contributed by atoms with van der Waals surface area (Å²) in [4.78, 5) is 28.1. The molecule has 28 heavy (non-hydrogen) atoms. The molecule has 3 heterocycles. The number of carbonyl (C=O) groups excluding carboxylic acids is 1. The summed E-state index contributed by atoms with van der Waals surface area (Å²) < 4.78 is 17.3. The van der Waals surface area contributed by atoms with Crippen molar-refractivity contribution in [1.82, 2.24) is 4.90 Å². The van der Waals surface area contributed by atoms with Crippen LogP contribution in [0.2, 0.25) is 0 Å². The van der Waals surface area contributed by atoms with Crippen LogP contribution in [-0.2, 0) is 4.74 Å². The molecule has 1 aromatic heterocycles. The normalized spacial score (nSPS) is 22.9. The van der Waals surface area contributed by atoms with Crippen molar-refractivity contribution in [2.45, 2.75) is 33.1 Å². The third kappa shape index (κ3) is 3.35. The summed E-state index contributed by atoms with van der Waals surface area (Å²) in [6.07, 6.45) is 3.53. The maximum absolute atomic E-state index is 13.8. The molecule has 1 atom stereocenters. The lowest BCUT2D eigenvalue weighted by molar-refractivity contribution is -0.00487. The van der Waals surface area contributed by atoms with Gasteiger partial charge in [0.2, 0.25) is 0 Å². The molecular formula is C22H27NO5. The van der Waals surface area contributed by atoms with Crippen LogP contribution < -0.4 is 10.4 Å². The molecule has 0 aliphatic carbocycles. The molecule has 0 radical (unpaired) electrons. The first-order chi connectivity index (χ1) is 13.5. The monoisotopic (exact) mass is 385 g/mol. The van der Waals surface area contributed by atoms with Crippen LogP contribution in [0.15, 0.2) is 27.4 Å². The first-order valence-corrected chi connectivity index (χ1v) is 10.1. The van der Waals surface area contributed by atoms with Crippen molar-refractivity contribution in [3.8, 4) is 5.75 Å². The summed E-state index contributed by atoms with van der Waals surface area (Å²) in [7, 11) is 0. The van der Waals surface area contributed by atoms with Gasteiger partial charge in [-0.25, -0.2) is 4.79 Å².